The Morgan fingerprint density at radius 2 is 1.94 bits per heavy atom. The maximum absolute atomic E-state index is 12.3. The molecule has 1 N–H and O–H groups in total. The van der Waals surface area contributed by atoms with E-state index in [0.717, 1.165) is 38.9 Å². The van der Waals surface area contributed by atoms with Crippen LogP contribution in [0.15, 0.2) is 0 Å². The van der Waals surface area contributed by atoms with Crippen molar-refractivity contribution >= 4 is 5.91 Å². The van der Waals surface area contributed by atoms with Gasteiger partial charge in [-0.3, -0.25) is 4.79 Å². The third-order valence-electron chi connectivity index (χ3n) is 4.19. The van der Waals surface area contributed by atoms with Gasteiger partial charge in [0, 0.05) is 13.1 Å². The highest BCUT2D eigenvalue weighted by Crippen LogP contribution is 2.17. The zero-order valence-electron chi connectivity index (χ0n) is 11.1. The topological polar surface area (TPSA) is 35.6 Å². The molecule has 2 aliphatic heterocycles. The van der Waals surface area contributed by atoms with Gasteiger partial charge < -0.3 is 15.1 Å². The van der Waals surface area contributed by atoms with Crippen molar-refractivity contribution in [3.05, 3.63) is 0 Å². The average molecular weight is 239 g/mol. The summed E-state index contributed by atoms with van der Waals surface area (Å²) in [5.74, 6) is 0.305. The molecule has 17 heavy (non-hydrogen) atoms. The lowest BCUT2D eigenvalue weighted by molar-refractivity contribution is -0.135. The molecule has 2 saturated heterocycles. The summed E-state index contributed by atoms with van der Waals surface area (Å²) in [4.78, 5) is 16.7. The van der Waals surface area contributed by atoms with Crippen LogP contribution in [0.1, 0.15) is 32.1 Å². The van der Waals surface area contributed by atoms with Gasteiger partial charge in [-0.15, -0.1) is 0 Å². The fourth-order valence-electron chi connectivity index (χ4n) is 2.87. The van der Waals surface area contributed by atoms with Crippen LogP contribution >= 0.6 is 0 Å². The fraction of sp³-hybridized carbons (Fsp3) is 0.923. The number of amides is 1. The highest BCUT2D eigenvalue weighted by Gasteiger charge is 2.29. The molecule has 0 saturated carbocycles. The first kappa shape index (κ1) is 12.8. The lowest BCUT2D eigenvalue weighted by Crippen LogP contribution is -2.52. The van der Waals surface area contributed by atoms with E-state index < -0.39 is 0 Å². The highest BCUT2D eigenvalue weighted by molar-refractivity contribution is 5.82. The largest absolute Gasteiger partial charge is 0.341 e. The van der Waals surface area contributed by atoms with Crippen LogP contribution in [0.2, 0.25) is 0 Å². The van der Waals surface area contributed by atoms with Gasteiger partial charge in [-0.05, 0) is 52.4 Å². The van der Waals surface area contributed by atoms with Crippen LogP contribution in [0.3, 0.4) is 0 Å². The standard InChI is InChI=1S/C13H25N3O/c1-15-9-6-11(7-10-15)16(2)13(17)12-5-3-4-8-14-12/h11-12,14H,3-10H2,1-2H3/t12-/m1/s1. The van der Waals surface area contributed by atoms with Crippen molar-refractivity contribution in [2.24, 2.45) is 0 Å². The summed E-state index contributed by atoms with van der Waals surface area (Å²) >= 11 is 0. The molecule has 1 atom stereocenters. The van der Waals surface area contributed by atoms with Gasteiger partial charge in [0.2, 0.25) is 5.91 Å². The summed E-state index contributed by atoms with van der Waals surface area (Å²) < 4.78 is 0. The molecule has 0 bridgehead atoms. The Kier molecular flexibility index (Phi) is 4.40. The van der Waals surface area contributed by atoms with Gasteiger partial charge in [0.25, 0.3) is 0 Å². The molecule has 0 aliphatic carbocycles. The summed E-state index contributed by atoms with van der Waals surface area (Å²) in [6, 6.07) is 0.524. The molecule has 0 radical (unpaired) electrons. The third-order valence-corrected chi connectivity index (χ3v) is 4.19. The quantitative estimate of drug-likeness (QED) is 0.770. The second kappa shape index (κ2) is 5.83. The van der Waals surface area contributed by atoms with Gasteiger partial charge in [0.1, 0.15) is 0 Å². The van der Waals surface area contributed by atoms with E-state index in [-0.39, 0.29) is 6.04 Å². The molecular formula is C13H25N3O. The Balaban J connectivity index is 1.85. The van der Waals surface area contributed by atoms with Gasteiger partial charge >= 0.3 is 0 Å². The van der Waals surface area contributed by atoms with E-state index in [2.05, 4.69) is 17.3 Å². The number of carbonyl (C=O) groups is 1. The van der Waals surface area contributed by atoms with Crippen LogP contribution in [0.5, 0.6) is 0 Å². The summed E-state index contributed by atoms with van der Waals surface area (Å²) in [5.41, 5.74) is 0. The van der Waals surface area contributed by atoms with Gasteiger partial charge in [-0.2, -0.15) is 0 Å². The number of hydrogen-bond acceptors (Lipinski definition) is 3. The van der Waals surface area contributed by atoms with Crippen molar-refractivity contribution in [2.75, 3.05) is 33.7 Å². The minimum atomic E-state index is 0.0772. The number of hydrogen-bond donors (Lipinski definition) is 1. The number of rotatable bonds is 2. The molecule has 1 amide bonds. The number of piperidine rings is 2. The van der Waals surface area contributed by atoms with Gasteiger partial charge in [-0.25, -0.2) is 0 Å². The molecule has 0 aromatic rings. The van der Waals surface area contributed by atoms with Crippen molar-refractivity contribution in [1.82, 2.24) is 15.1 Å². The van der Waals surface area contributed by atoms with E-state index in [4.69, 9.17) is 0 Å². The van der Waals surface area contributed by atoms with Crippen molar-refractivity contribution in [2.45, 2.75) is 44.2 Å². The molecule has 2 aliphatic rings. The second-order valence-electron chi connectivity index (χ2n) is 5.49. The molecule has 4 heteroatoms. The first-order valence-corrected chi connectivity index (χ1v) is 6.87. The van der Waals surface area contributed by atoms with Crippen molar-refractivity contribution in [1.29, 1.82) is 0 Å². The Labute approximate surface area is 104 Å². The molecule has 98 valence electrons. The van der Waals surface area contributed by atoms with Crippen molar-refractivity contribution in [3.63, 3.8) is 0 Å². The molecule has 0 aromatic heterocycles. The minimum absolute atomic E-state index is 0.0772. The van der Waals surface area contributed by atoms with E-state index in [1.165, 1.54) is 12.8 Å². The van der Waals surface area contributed by atoms with Gasteiger partial charge in [0.05, 0.1) is 6.04 Å². The SMILES string of the molecule is CN1CCC(N(C)C(=O)[C@H]2CCCCN2)CC1. The van der Waals surface area contributed by atoms with Crippen molar-refractivity contribution < 1.29 is 4.79 Å². The smallest absolute Gasteiger partial charge is 0.239 e. The van der Waals surface area contributed by atoms with Crippen LogP contribution in [0, 0.1) is 0 Å². The van der Waals surface area contributed by atoms with Gasteiger partial charge in [0.15, 0.2) is 0 Å². The first-order chi connectivity index (χ1) is 8.18. The maximum Gasteiger partial charge on any atom is 0.239 e. The lowest BCUT2D eigenvalue weighted by Gasteiger charge is -2.37. The number of nitrogens with zero attached hydrogens (tertiary/aromatic N) is 2. The van der Waals surface area contributed by atoms with Gasteiger partial charge in [-0.1, -0.05) is 6.42 Å². The second-order valence-corrected chi connectivity index (χ2v) is 5.49. The molecule has 0 aromatic carbocycles. The predicted octanol–water partition coefficient (Wildman–Crippen LogP) is 0.681. The Hall–Kier alpha value is -0.610. The van der Waals surface area contributed by atoms with E-state index in [9.17, 15) is 4.79 Å². The van der Waals surface area contributed by atoms with Crippen molar-refractivity contribution in [3.8, 4) is 0 Å². The molecule has 0 unspecified atom stereocenters. The zero-order valence-corrected chi connectivity index (χ0v) is 11.1. The lowest BCUT2D eigenvalue weighted by atomic mass is 10.00. The van der Waals surface area contributed by atoms with E-state index in [1.807, 2.05) is 11.9 Å². The molecular weight excluding hydrogens is 214 g/mol. The first-order valence-electron chi connectivity index (χ1n) is 6.87. The Bertz CT molecular complexity index is 255. The van der Waals surface area contributed by atoms with Crippen LogP contribution in [0.25, 0.3) is 0 Å². The van der Waals surface area contributed by atoms with Crippen LogP contribution in [-0.4, -0.2) is 61.5 Å². The molecule has 2 rings (SSSR count). The van der Waals surface area contributed by atoms with E-state index in [1.54, 1.807) is 0 Å². The van der Waals surface area contributed by atoms with E-state index >= 15 is 0 Å². The summed E-state index contributed by atoms with van der Waals surface area (Å²) in [6.07, 6.45) is 5.64. The number of likely N-dealkylation sites (tertiary alicyclic amines) is 1. The molecule has 2 fully saturated rings. The normalized spacial score (nSPS) is 28.0. The summed E-state index contributed by atoms with van der Waals surface area (Å²) in [6.45, 7) is 3.22. The maximum atomic E-state index is 12.3. The Morgan fingerprint density at radius 3 is 2.53 bits per heavy atom. The van der Waals surface area contributed by atoms with E-state index in [0.29, 0.717) is 11.9 Å². The van der Waals surface area contributed by atoms with Crippen LogP contribution in [-0.2, 0) is 4.79 Å². The monoisotopic (exact) mass is 239 g/mol. The molecule has 2 heterocycles. The van der Waals surface area contributed by atoms with Crippen LogP contribution < -0.4 is 5.32 Å². The summed E-state index contributed by atoms with van der Waals surface area (Å²) in [7, 11) is 4.13. The predicted molar refractivity (Wildman–Crippen MR) is 68.9 cm³/mol. The third kappa shape index (κ3) is 3.19. The zero-order chi connectivity index (χ0) is 12.3. The molecule has 4 nitrogen and oxygen atoms in total. The number of nitrogens with one attached hydrogen (secondary N) is 1. The fourth-order valence-corrected chi connectivity index (χ4v) is 2.87. The summed E-state index contributed by atoms with van der Waals surface area (Å²) in [5, 5.41) is 3.35. The number of carbonyl (C=O) groups excluding carboxylic acids is 1. The number of likely N-dealkylation sites (N-methyl/N-ethyl adjacent to an activating group) is 1. The highest BCUT2D eigenvalue weighted by atomic mass is 16.2. The molecule has 0 spiro atoms. The minimum Gasteiger partial charge on any atom is -0.341 e. The average Bonchev–Trinajstić information content (AvgIpc) is 2.39. The Morgan fingerprint density at radius 1 is 1.24 bits per heavy atom. The van der Waals surface area contributed by atoms with Crippen LogP contribution in [0.4, 0.5) is 0 Å².